The van der Waals surface area contributed by atoms with Gasteiger partial charge >= 0.3 is 0 Å². The zero-order valence-corrected chi connectivity index (χ0v) is 8.92. The van der Waals surface area contributed by atoms with E-state index in [9.17, 15) is 0 Å². The fourth-order valence-corrected chi connectivity index (χ4v) is 1.91. The average molecular weight is 180 g/mol. The Bertz CT molecular complexity index is 203. The Kier molecular flexibility index (Phi) is 4.23. The standard InChI is InChI=1S/C12H20O/c1-10-6-7-12(11(2)9-10)5-4-8-13-3/h4-5,9,11-12H,6-8H2,1-3H3/b5-4+. The molecule has 1 rings (SSSR count). The number of hydrogen-bond donors (Lipinski definition) is 0. The molecule has 0 bridgehead atoms. The van der Waals surface area contributed by atoms with Crippen LogP contribution >= 0.6 is 0 Å². The van der Waals surface area contributed by atoms with Gasteiger partial charge in [-0.05, 0) is 31.6 Å². The summed E-state index contributed by atoms with van der Waals surface area (Å²) in [5.41, 5.74) is 1.55. The summed E-state index contributed by atoms with van der Waals surface area (Å²) in [6.45, 7) is 5.27. The smallest absolute Gasteiger partial charge is 0.0643 e. The maximum Gasteiger partial charge on any atom is 0.0643 e. The second kappa shape index (κ2) is 5.23. The lowest BCUT2D eigenvalue weighted by atomic mass is 9.82. The Morgan fingerprint density at radius 1 is 1.62 bits per heavy atom. The van der Waals surface area contributed by atoms with E-state index in [1.165, 1.54) is 12.8 Å². The van der Waals surface area contributed by atoms with Gasteiger partial charge in [-0.15, -0.1) is 0 Å². The van der Waals surface area contributed by atoms with Crippen molar-refractivity contribution in [2.75, 3.05) is 13.7 Å². The van der Waals surface area contributed by atoms with Gasteiger partial charge < -0.3 is 4.74 Å². The van der Waals surface area contributed by atoms with E-state index in [0.29, 0.717) is 5.92 Å². The molecular formula is C12H20O. The van der Waals surface area contributed by atoms with E-state index in [1.54, 1.807) is 12.7 Å². The first kappa shape index (κ1) is 10.5. The molecule has 0 N–H and O–H groups in total. The molecule has 0 aromatic carbocycles. The molecule has 2 unspecified atom stereocenters. The van der Waals surface area contributed by atoms with Crippen molar-refractivity contribution in [1.29, 1.82) is 0 Å². The summed E-state index contributed by atoms with van der Waals surface area (Å²) in [6, 6.07) is 0. The summed E-state index contributed by atoms with van der Waals surface area (Å²) < 4.78 is 4.99. The molecule has 1 aliphatic carbocycles. The predicted octanol–water partition coefficient (Wildman–Crippen LogP) is 3.18. The third kappa shape index (κ3) is 3.35. The third-order valence-electron chi connectivity index (χ3n) is 2.74. The van der Waals surface area contributed by atoms with Gasteiger partial charge in [0.1, 0.15) is 0 Å². The van der Waals surface area contributed by atoms with Crippen LogP contribution in [0, 0.1) is 11.8 Å². The van der Waals surface area contributed by atoms with Crippen molar-refractivity contribution in [1.82, 2.24) is 0 Å². The molecule has 0 fully saturated rings. The second-order valence-corrected chi connectivity index (χ2v) is 3.96. The van der Waals surface area contributed by atoms with E-state index < -0.39 is 0 Å². The van der Waals surface area contributed by atoms with Crippen LogP contribution in [-0.2, 0) is 4.74 Å². The summed E-state index contributed by atoms with van der Waals surface area (Å²) in [4.78, 5) is 0. The monoisotopic (exact) mass is 180 g/mol. The van der Waals surface area contributed by atoms with E-state index in [1.807, 2.05) is 0 Å². The fourth-order valence-electron chi connectivity index (χ4n) is 1.91. The second-order valence-electron chi connectivity index (χ2n) is 3.96. The SMILES string of the molecule is COC/C=C/C1CCC(C)=CC1C. The fraction of sp³-hybridized carbons (Fsp3) is 0.667. The first-order valence-electron chi connectivity index (χ1n) is 5.07. The summed E-state index contributed by atoms with van der Waals surface area (Å²) in [5.74, 6) is 1.42. The molecule has 1 nitrogen and oxygen atoms in total. The van der Waals surface area contributed by atoms with Gasteiger partial charge in [0.05, 0.1) is 6.61 Å². The molecule has 0 aromatic heterocycles. The van der Waals surface area contributed by atoms with E-state index in [4.69, 9.17) is 4.74 Å². The Morgan fingerprint density at radius 2 is 2.38 bits per heavy atom. The van der Waals surface area contributed by atoms with Crippen molar-refractivity contribution in [3.05, 3.63) is 23.8 Å². The van der Waals surface area contributed by atoms with Crippen molar-refractivity contribution in [3.63, 3.8) is 0 Å². The van der Waals surface area contributed by atoms with Gasteiger partial charge in [0.15, 0.2) is 0 Å². The Hall–Kier alpha value is -0.560. The van der Waals surface area contributed by atoms with Crippen LogP contribution < -0.4 is 0 Å². The van der Waals surface area contributed by atoms with Crippen molar-refractivity contribution in [2.45, 2.75) is 26.7 Å². The molecule has 0 saturated heterocycles. The highest BCUT2D eigenvalue weighted by Crippen LogP contribution is 2.28. The molecule has 1 aliphatic rings. The van der Waals surface area contributed by atoms with Gasteiger partial charge in [-0.1, -0.05) is 30.7 Å². The maximum absolute atomic E-state index is 4.99. The van der Waals surface area contributed by atoms with Crippen LogP contribution in [0.3, 0.4) is 0 Å². The van der Waals surface area contributed by atoms with Gasteiger partial charge in [-0.25, -0.2) is 0 Å². The maximum atomic E-state index is 4.99. The van der Waals surface area contributed by atoms with Crippen molar-refractivity contribution < 1.29 is 4.74 Å². The molecule has 0 aliphatic heterocycles. The summed E-state index contributed by atoms with van der Waals surface area (Å²) in [5, 5.41) is 0. The quantitative estimate of drug-likeness (QED) is 0.606. The molecule has 13 heavy (non-hydrogen) atoms. The molecular weight excluding hydrogens is 160 g/mol. The number of methoxy groups -OCH3 is 1. The Balaban J connectivity index is 2.44. The molecule has 74 valence electrons. The van der Waals surface area contributed by atoms with Crippen LogP contribution in [0.1, 0.15) is 26.7 Å². The van der Waals surface area contributed by atoms with Gasteiger partial charge in [-0.2, -0.15) is 0 Å². The molecule has 2 atom stereocenters. The molecule has 1 heteroatoms. The molecule has 0 aromatic rings. The van der Waals surface area contributed by atoms with Crippen LogP contribution in [0.15, 0.2) is 23.8 Å². The van der Waals surface area contributed by atoms with Crippen molar-refractivity contribution in [2.24, 2.45) is 11.8 Å². The predicted molar refractivity (Wildman–Crippen MR) is 56.7 cm³/mol. The minimum atomic E-state index is 0.696. The van der Waals surface area contributed by atoms with Crippen LogP contribution in [-0.4, -0.2) is 13.7 Å². The minimum absolute atomic E-state index is 0.696. The zero-order chi connectivity index (χ0) is 9.68. The first-order valence-corrected chi connectivity index (χ1v) is 5.07. The van der Waals surface area contributed by atoms with Gasteiger partial charge in [0.25, 0.3) is 0 Å². The van der Waals surface area contributed by atoms with Gasteiger partial charge in [0, 0.05) is 7.11 Å². The summed E-state index contributed by atoms with van der Waals surface area (Å²) in [7, 11) is 1.73. The van der Waals surface area contributed by atoms with E-state index in [2.05, 4.69) is 32.1 Å². The third-order valence-corrected chi connectivity index (χ3v) is 2.74. The van der Waals surface area contributed by atoms with Crippen LogP contribution in [0.4, 0.5) is 0 Å². The largest absolute Gasteiger partial charge is 0.381 e. The lowest BCUT2D eigenvalue weighted by Gasteiger charge is -2.23. The highest BCUT2D eigenvalue weighted by Gasteiger charge is 2.16. The van der Waals surface area contributed by atoms with E-state index in [-0.39, 0.29) is 0 Å². The lowest BCUT2D eigenvalue weighted by molar-refractivity contribution is 0.233. The van der Waals surface area contributed by atoms with Gasteiger partial charge in [0.2, 0.25) is 0 Å². The highest BCUT2D eigenvalue weighted by molar-refractivity contribution is 5.09. The van der Waals surface area contributed by atoms with Crippen LogP contribution in [0.25, 0.3) is 0 Å². The van der Waals surface area contributed by atoms with E-state index in [0.717, 1.165) is 12.5 Å². The zero-order valence-electron chi connectivity index (χ0n) is 8.92. The summed E-state index contributed by atoms with van der Waals surface area (Å²) in [6.07, 6.45) is 9.38. The number of hydrogen-bond acceptors (Lipinski definition) is 1. The average Bonchev–Trinajstić information content (AvgIpc) is 2.09. The number of allylic oxidation sites excluding steroid dienone is 3. The van der Waals surface area contributed by atoms with Crippen molar-refractivity contribution in [3.8, 4) is 0 Å². The molecule has 0 spiro atoms. The molecule has 0 saturated carbocycles. The number of rotatable bonds is 3. The first-order chi connectivity index (χ1) is 6.24. The lowest BCUT2D eigenvalue weighted by Crippen LogP contribution is -2.12. The van der Waals surface area contributed by atoms with Crippen LogP contribution in [0.5, 0.6) is 0 Å². The molecule has 0 heterocycles. The normalized spacial score (nSPS) is 29.3. The number of ether oxygens (including phenoxy) is 1. The van der Waals surface area contributed by atoms with Crippen LogP contribution in [0.2, 0.25) is 0 Å². The van der Waals surface area contributed by atoms with Gasteiger partial charge in [-0.3, -0.25) is 0 Å². The molecule has 0 amide bonds. The van der Waals surface area contributed by atoms with E-state index >= 15 is 0 Å². The topological polar surface area (TPSA) is 9.23 Å². The van der Waals surface area contributed by atoms with Crippen molar-refractivity contribution >= 4 is 0 Å². The summed E-state index contributed by atoms with van der Waals surface area (Å²) >= 11 is 0. The Morgan fingerprint density at radius 3 is 3.00 bits per heavy atom. The molecule has 0 radical (unpaired) electrons. The highest BCUT2D eigenvalue weighted by atomic mass is 16.5. The minimum Gasteiger partial charge on any atom is -0.381 e. The Labute approximate surface area is 81.5 Å².